The van der Waals surface area contributed by atoms with Gasteiger partial charge in [0.15, 0.2) is 0 Å². The molecule has 3 heterocycles. The molecule has 1 aliphatic carbocycles. The standard InChI is InChI=1S/C29H30FN3O/c30-22-6-3-5-20(16-22)24-7-4-8-27-28(24)25(29(34)32-27)18-23-17-21-15-19(9-10-26(21)31-23)11-14-33-12-1-2-13-33/h3-8,16-19,31H,1-2,9-15H2,(H,32,34). The molecule has 34 heavy (non-hydrogen) atoms. The fourth-order valence-electron chi connectivity index (χ4n) is 5.87. The molecule has 1 unspecified atom stereocenters. The molecule has 2 N–H and O–H groups in total. The summed E-state index contributed by atoms with van der Waals surface area (Å²) in [6.45, 7) is 3.75. The van der Waals surface area contributed by atoms with E-state index in [9.17, 15) is 9.18 Å². The third-order valence-corrected chi connectivity index (χ3v) is 7.64. The van der Waals surface area contributed by atoms with E-state index in [2.05, 4.69) is 21.3 Å². The molecule has 0 radical (unpaired) electrons. The van der Waals surface area contributed by atoms with Crippen LogP contribution >= 0.6 is 0 Å². The topological polar surface area (TPSA) is 48.1 Å². The molecular weight excluding hydrogens is 425 g/mol. The van der Waals surface area contributed by atoms with E-state index in [-0.39, 0.29) is 11.7 Å². The van der Waals surface area contributed by atoms with E-state index in [1.165, 1.54) is 68.7 Å². The summed E-state index contributed by atoms with van der Waals surface area (Å²) >= 11 is 0. The summed E-state index contributed by atoms with van der Waals surface area (Å²) < 4.78 is 13.9. The molecule has 0 saturated carbocycles. The summed E-state index contributed by atoms with van der Waals surface area (Å²) in [4.78, 5) is 19.1. The first-order valence-corrected chi connectivity index (χ1v) is 12.5. The number of H-pyrrole nitrogens is 1. The molecule has 6 rings (SSSR count). The first-order valence-electron chi connectivity index (χ1n) is 12.5. The van der Waals surface area contributed by atoms with Crippen LogP contribution < -0.4 is 5.32 Å². The van der Waals surface area contributed by atoms with Crippen LogP contribution in [0.1, 0.15) is 48.2 Å². The smallest absolute Gasteiger partial charge is 0.256 e. The lowest BCUT2D eigenvalue weighted by molar-refractivity contribution is -0.110. The number of likely N-dealkylation sites (tertiary alicyclic amines) is 1. The number of fused-ring (bicyclic) bond motifs is 2. The normalized spacial score (nSPS) is 21.0. The van der Waals surface area contributed by atoms with E-state index in [4.69, 9.17) is 0 Å². The van der Waals surface area contributed by atoms with Crippen LogP contribution in [0.2, 0.25) is 0 Å². The highest BCUT2D eigenvalue weighted by atomic mass is 19.1. The van der Waals surface area contributed by atoms with Gasteiger partial charge in [0.05, 0.1) is 5.57 Å². The molecule has 0 spiro atoms. The van der Waals surface area contributed by atoms with Crippen LogP contribution in [-0.2, 0) is 17.6 Å². The minimum absolute atomic E-state index is 0.116. The number of amides is 1. The van der Waals surface area contributed by atoms with Crippen LogP contribution in [0.5, 0.6) is 0 Å². The van der Waals surface area contributed by atoms with Gasteiger partial charge in [-0.3, -0.25) is 4.79 Å². The van der Waals surface area contributed by atoms with Crippen molar-refractivity contribution in [1.82, 2.24) is 9.88 Å². The molecule has 1 aromatic heterocycles. The van der Waals surface area contributed by atoms with Crippen molar-refractivity contribution in [3.8, 4) is 11.1 Å². The largest absolute Gasteiger partial charge is 0.359 e. The van der Waals surface area contributed by atoms with Gasteiger partial charge in [0.1, 0.15) is 5.82 Å². The van der Waals surface area contributed by atoms with E-state index in [1.807, 2.05) is 30.3 Å². The van der Waals surface area contributed by atoms with E-state index in [0.29, 0.717) is 5.57 Å². The van der Waals surface area contributed by atoms with Gasteiger partial charge in [-0.2, -0.15) is 0 Å². The van der Waals surface area contributed by atoms with Crippen molar-refractivity contribution in [2.45, 2.75) is 38.5 Å². The number of aryl methyl sites for hydroxylation is 1. The maximum Gasteiger partial charge on any atom is 0.256 e. The quantitative estimate of drug-likeness (QED) is 0.470. The molecule has 2 aromatic carbocycles. The lowest BCUT2D eigenvalue weighted by Gasteiger charge is -2.24. The molecule has 2 aliphatic heterocycles. The highest BCUT2D eigenvalue weighted by Crippen LogP contribution is 2.41. The molecule has 174 valence electrons. The van der Waals surface area contributed by atoms with Gasteiger partial charge in [-0.25, -0.2) is 4.39 Å². The van der Waals surface area contributed by atoms with Gasteiger partial charge in [0.2, 0.25) is 0 Å². The number of halogens is 1. The predicted molar refractivity (Wildman–Crippen MR) is 135 cm³/mol. The van der Waals surface area contributed by atoms with Crippen LogP contribution in [0.15, 0.2) is 48.5 Å². The Labute approximate surface area is 199 Å². The third-order valence-electron chi connectivity index (χ3n) is 7.64. The summed E-state index contributed by atoms with van der Waals surface area (Å²) in [5.74, 6) is 0.337. The van der Waals surface area contributed by atoms with Gasteiger partial charge >= 0.3 is 0 Å². The van der Waals surface area contributed by atoms with Crippen LogP contribution in [0.25, 0.3) is 22.8 Å². The first-order chi connectivity index (χ1) is 16.6. The summed E-state index contributed by atoms with van der Waals surface area (Å²) in [5.41, 5.74) is 7.54. The summed E-state index contributed by atoms with van der Waals surface area (Å²) in [6.07, 6.45) is 9.34. The Kier molecular flexibility index (Phi) is 5.58. The van der Waals surface area contributed by atoms with Crippen molar-refractivity contribution < 1.29 is 9.18 Å². The molecular formula is C29H30FN3O. The van der Waals surface area contributed by atoms with E-state index in [1.54, 1.807) is 6.07 Å². The van der Waals surface area contributed by atoms with Crippen LogP contribution in [0, 0.1) is 11.7 Å². The average Bonchev–Trinajstić information content (AvgIpc) is 3.56. The monoisotopic (exact) mass is 455 g/mol. The van der Waals surface area contributed by atoms with Crippen molar-refractivity contribution >= 4 is 23.2 Å². The minimum atomic E-state index is -0.283. The van der Waals surface area contributed by atoms with Gasteiger partial charge < -0.3 is 15.2 Å². The SMILES string of the molecule is O=C1Nc2cccc(-c3cccc(F)c3)c2C1=Cc1cc2c([nH]1)CCC(CCN1CCCC1)C2. The zero-order valence-electron chi connectivity index (χ0n) is 19.4. The Hall–Kier alpha value is -3.18. The number of hydrogen-bond donors (Lipinski definition) is 2. The number of aromatic nitrogens is 1. The second-order valence-corrected chi connectivity index (χ2v) is 9.93. The molecule has 1 saturated heterocycles. The van der Waals surface area contributed by atoms with Crippen LogP contribution in [0.4, 0.5) is 10.1 Å². The van der Waals surface area contributed by atoms with Gasteiger partial charge in [0, 0.05) is 22.6 Å². The Balaban J connectivity index is 1.27. The maximum atomic E-state index is 13.9. The minimum Gasteiger partial charge on any atom is -0.359 e. The average molecular weight is 456 g/mol. The number of nitrogens with one attached hydrogen (secondary N) is 2. The Morgan fingerprint density at radius 1 is 1.09 bits per heavy atom. The maximum absolute atomic E-state index is 13.9. The fraction of sp³-hybridized carbons (Fsp3) is 0.345. The van der Waals surface area contributed by atoms with Crippen molar-refractivity contribution in [2.75, 3.05) is 25.0 Å². The Morgan fingerprint density at radius 3 is 2.79 bits per heavy atom. The van der Waals surface area contributed by atoms with Gasteiger partial charge in [-0.15, -0.1) is 0 Å². The highest BCUT2D eigenvalue weighted by molar-refractivity contribution is 6.36. The lowest BCUT2D eigenvalue weighted by atomic mass is 9.85. The summed E-state index contributed by atoms with van der Waals surface area (Å²) in [7, 11) is 0. The predicted octanol–water partition coefficient (Wildman–Crippen LogP) is 5.90. The first kappa shape index (κ1) is 21.4. The zero-order chi connectivity index (χ0) is 23.1. The van der Waals surface area contributed by atoms with Crippen LogP contribution in [-0.4, -0.2) is 35.4 Å². The Bertz CT molecular complexity index is 1270. The van der Waals surface area contributed by atoms with Crippen molar-refractivity contribution in [3.05, 3.63) is 76.9 Å². The number of hydrogen-bond acceptors (Lipinski definition) is 2. The van der Waals surface area contributed by atoms with Crippen LogP contribution in [0.3, 0.4) is 0 Å². The number of carbonyl (C=O) groups is 1. The molecule has 4 nitrogen and oxygen atoms in total. The van der Waals surface area contributed by atoms with Crippen molar-refractivity contribution in [2.24, 2.45) is 5.92 Å². The van der Waals surface area contributed by atoms with Gasteiger partial charge in [-0.1, -0.05) is 24.3 Å². The second kappa shape index (κ2) is 8.88. The fourth-order valence-corrected chi connectivity index (χ4v) is 5.87. The Morgan fingerprint density at radius 2 is 1.94 bits per heavy atom. The van der Waals surface area contributed by atoms with Gasteiger partial charge in [0.25, 0.3) is 5.91 Å². The van der Waals surface area contributed by atoms with Gasteiger partial charge in [-0.05, 0) is 111 Å². The van der Waals surface area contributed by atoms with E-state index in [0.717, 1.165) is 46.8 Å². The summed E-state index contributed by atoms with van der Waals surface area (Å²) in [5, 5.41) is 2.99. The molecule has 1 atom stereocenters. The number of aromatic amines is 1. The second-order valence-electron chi connectivity index (χ2n) is 9.93. The molecule has 1 amide bonds. The summed E-state index contributed by atoms with van der Waals surface area (Å²) in [6, 6.07) is 14.5. The molecule has 1 fully saturated rings. The third kappa shape index (κ3) is 4.09. The number of rotatable bonds is 5. The molecule has 3 aliphatic rings. The number of benzene rings is 2. The molecule has 3 aromatic rings. The highest BCUT2D eigenvalue weighted by Gasteiger charge is 2.28. The van der Waals surface area contributed by atoms with E-state index >= 15 is 0 Å². The van der Waals surface area contributed by atoms with E-state index < -0.39 is 0 Å². The molecule has 5 heteroatoms. The zero-order valence-corrected chi connectivity index (χ0v) is 19.4. The van der Waals surface area contributed by atoms with Crippen molar-refractivity contribution in [3.63, 3.8) is 0 Å². The van der Waals surface area contributed by atoms with Crippen molar-refractivity contribution in [1.29, 1.82) is 0 Å². The molecule has 0 bridgehead atoms. The lowest BCUT2D eigenvalue weighted by Crippen LogP contribution is -2.24. The number of anilines is 1. The number of carbonyl (C=O) groups excluding carboxylic acids is 1. The number of nitrogens with zero attached hydrogens (tertiary/aromatic N) is 1.